The van der Waals surface area contributed by atoms with E-state index in [1.165, 1.54) is 0 Å². The predicted molar refractivity (Wildman–Crippen MR) is 61.3 cm³/mol. The molecule has 1 aromatic rings. The smallest absolute Gasteiger partial charge is 0.255 e. The summed E-state index contributed by atoms with van der Waals surface area (Å²) in [4.78, 5) is 17.7. The van der Waals surface area contributed by atoms with E-state index in [1.807, 2.05) is 26.0 Å². The summed E-state index contributed by atoms with van der Waals surface area (Å²) in [5.74, 6) is -0.214. The highest BCUT2D eigenvalue weighted by Gasteiger charge is 2.31. The third-order valence-corrected chi connectivity index (χ3v) is 2.95. The molecule has 1 aliphatic heterocycles. The summed E-state index contributed by atoms with van der Waals surface area (Å²) in [5.41, 5.74) is 2.69. The minimum absolute atomic E-state index is 0.214. The molecule has 0 bridgehead atoms. The minimum Gasteiger partial charge on any atom is -0.383 e. The molecule has 16 heavy (non-hydrogen) atoms. The fourth-order valence-electron chi connectivity index (χ4n) is 1.99. The molecule has 1 N–H and O–H groups in total. The Balaban J connectivity index is 2.31. The van der Waals surface area contributed by atoms with Gasteiger partial charge in [0.15, 0.2) is 0 Å². The van der Waals surface area contributed by atoms with Gasteiger partial charge in [0.1, 0.15) is 6.10 Å². The van der Waals surface area contributed by atoms with Crippen molar-refractivity contribution < 1.29 is 9.90 Å². The Kier molecular flexibility index (Phi) is 2.92. The lowest BCUT2D eigenvalue weighted by atomic mass is 10.2. The number of hydrogen-bond acceptors (Lipinski definition) is 3. The molecule has 0 saturated carbocycles. The van der Waals surface area contributed by atoms with Gasteiger partial charge in [-0.15, -0.1) is 0 Å². The Morgan fingerprint density at radius 1 is 1.56 bits per heavy atom. The number of aryl methyl sites for hydroxylation is 2. The van der Waals surface area contributed by atoms with Gasteiger partial charge >= 0.3 is 0 Å². The van der Waals surface area contributed by atoms with Crippen LogP contribution in [0.4, 0.5) is 5.69 Å². The van der Waals surface area contributed by atoms with Crippen molar-refractivity contribution in [3.05, 3.63) is 23.5 Å². The average Bonchev–Trinajstić information content (AvgIpc) is 2.60. The number of aliphatic hydroxyl groups excluding tert-OH is 1. The molecule has 1 amide bonds. The molecule has 2 heterocycles. The summed E-state index contributed by atoms with van der Waals surface area (Å²) in [5, 5.41) is 9.41. The van der Waals surface area contributed by atoms with Gasteiger partial charge in [-0.3, -0.25) is 9.78 Å². The maximum absolute atomic E-state index is 11.7. The number of carbonyl (C=O) groups excluding carboxylic acids is 1. The number of nitrogens with zero attached hydrogens (tertiary/aromatic N) is 2. The van der Waals surface area contributed by atoms with Crippen molar-refractivity contribution in [3.63, 3.8) is 0 Å². The molecule has 86 valence electrons. The molecular formula is C12H16N2O2. The Labute approximate surface area is 94.9 Å². The molecular weight excluding hydrogens is 204 g/mol. The summed E-state index contributed by atoms with van der Waals surface area (Å²) >= 11 is 0. The molecule has 1 saturated heterocycles. The first kappa shape index (κ1) is 11.1. The number of amides is 1. The van der Waals surface area contributed by atoms with Gasteiger partial charge < -0.3 is 10.0 Å². The second-order valence-electron chi connectivity index (χ2n) is 4.06. The maximum atomic E-state index is 11.7. The van der Waals surface area contributed by atoms with Crippen LogP contribution in [0.3, 0.4) is 0 Å². The van der Waals surface area contributed by atoms with Gasteiger partial charge in [0.2, 0.25) is 0 Å². The molecule has 1 aromatic heterocycles. The fourth-order valence-corrected chi connectivity index (χ4v) is 1.99. The Morgan fingerprint density at radius 2 is 2.31 bits per heavy atom. The lowest BCUT2D eigenvalue weighted by Crippen LogP contribution is -2.29. The highest BCUT2D eigenvalue weighted by atomic mass is 16.3. The van der Waals surface area contributed by atoms with Crippen LogP contribution in [0.15, 0.2) is 12.1 Å². The Bertz CT molecular complexity index is 417. The van der Waals surface area contributed by atoms with Gasteiger partial charge in [0, 0.05) is 18.7 Å². The zero-order valence-electron chi connectivity index (χ0n) is 9.60. The number of aliphatic hydroxyl groups is 1. The van der Waals surface area contributed by atoms with E-state index < -0.39 is 6.10 Å². The summed E-state index contributed by atoms with van der Waals surface area (Å²) < 4.78 is 0. The van der Waals surface area contributed by atoms with Gasteiger partial charge in [-0.05, 0) is 25.5 Å². The van der Waals surface area contributed by atoms with Crippen LogP contribution >= 0.6 is 0 Å². The highest BCUT2D eigenvalue weighted by molar-refractivity contribution is 5.98. The van der Waals surface area contributed by atoms with Gasteiger partial charge in [0.05, 0.1) is 11.4 Å². The third-order valence-electron chi connectivity index (χ3n) is 2.95. The largest absolute Gasteiger partial charge is 0.383 e. The molecule has 0 aromatic carbocycles. The quantitative estimate of drug-likeness (QED) is 0.810. The Hall–Kier alpha value is -1.42. The first-order valence-corrected chi connectivity index (χ1v) is 5.59. The van der Waals surface area contributed by atoms with E-state index >= 15 is 0 Å². The molecule has 0 spiro atoms. The SMILES string of the molecule is CCc1ccc(N2CCC(O)C2=O)c(C)n1. The fraction of sp³-hybridized carbons (Fsp3) is 0.500. The van der Waals surface area contributed by atoms with E-state index in [2.05, 4.69) is 4.98 Å². The highest BCUT2D eigenvalue weighted by Crippen LogP contribution is 2.24. The third kappa shape index (κ3) is 1.80. The standard InChI is InChI=1S/C12H16N2O2/c1-3-9-4-5-10(8(2)13-9)14-7-6-11(15)12(14)16/h4-5,11,15H,3,6-7H2,1-2H3. The molecule has 0 aliphatic carbocycles. The van der Waals surface area contributed by atoms with Crippen LogP contribution in [-0.2, 0) is 11.2 Å². The molecule has 1 fully saturated rings. The second-order valence-corrected chi connectivity index (χ2v) is 4.06. The van der Waals surface area contributed by atoms with E-state index in [-0.39, 0.29) is 5.91 Å². The summed E-state index contributed by atoms with van der Waals surface area (Å²) in [6.45, 7) is 4.52. The van der Waals surface area contributed by atoms with Crippen LogP contribution in [-0.4, -0.2) is 28.6 Å². The second kappa shape index (κ2) is 4.22. The number of aromatic nitrogens is 1. The van der Waals surface area contributed by atoms with Crippen LogP contribution in [0.2, 0.25) is 0 Å². The van der Waals surface area contributed by atoms with Gasteiger partial charge in [-0.25, -0.2) is 0 Å². The van der Waals surface area contributed by atoms with E-state index in [4.69, 9.17) is 0 Å². The van der Waals surface area contributed by atoms with Crippen molar-refractivity contribution in [1.82, 2.24) is 4.98 Å². The summed E-state index contributed by atoms with van der Waals surface area (Å²) in [6, 6.07) is 3.84. The Morgan fingerprint density at radius 3 is 2.81 bits per heavy atom. The molecule has 2 rings (SSSR count). The van der Waals surface area contributed by atoms with Crippen molar-refractivity contribution in [2.75, 3.05) is 11.4 Å². The number of anilines is 1. The maximum Gasteiger partial charge on any atom is 0.255 e. The van der Waals surface area contributed by atoms with Crippen molar-refractivity contribution in [3.8, 4) is 0 Å². The van der Waals surface area contributed by atoms with Crippen LogP contribution < -0.4 is 4.90 Å². The van der Waals surface area contributed by atoms with E-state index in [0.29, 0.717) is 13.0 Å². The van der Waals surface area contributed by atoms with Gasteiger partial charge in [0.25, 0.3) is 5.91 Å². The average molecular weight is 220 g/mol. The topological polar surface area (TPSA) is 53.4 Å². The van der Waals surface area contributed by atoms with Crippen LogP contribution in [0, 0.1) is 6.92 Å². The van der Waals surface area contributed by atoms with Crippen molar-refractivity contribution >= 4 is 11.6 Å². The van der Waals surface area contributed by atoms with Crippen molar-refractivity contribution in [2.45, 2.75) is 32.8 Å². The van der Waals surface area contributed by atoms with Crippen LogP contribution in [0.5, 0.6) is 0 Å². The van der Waals surface area contributed by atoms with E-state index in [1.54, 1.807) is 4.90 Å². The molecule has 4 heteroatoms. The molecule has 1 aliphatic rings. The van der Waals surface area contributed by atoms with E-state index in [9.17, 15) is 9.90 Å². The summed E-state index contributed by atoms with van der Waals surface area (Å²) in [7, 11) is 0. The molecule has 0 radical (unpaired) electrons. The van der Waals surface area contributed by atoms with E-state index in [0.717, 1.165) is 23.5 Å². The lowest BCUT2D eigenvalue weighted by Gasteiger charge is -2.18. The summed E-state index contributed by atoms with van der Waals surface area (Å²) in [6.07, 6.45) is 0.552. The van der Waals surface area contributed by atoms with Crippen molar-refractivity contribution in [1.29, 1.82) is 0 Å². The zero-order valence-corrected chi connectivity index (χ0v) is 9.60. The monoisotopic (exact) mass is 220 g/mol. The molecule has 4 nitrogen and oxygen atoms in total. The normalized spacial score (nSPS) is 20.6. The number of hydrogen-bond donors (Lipinski definition) is 1. The predicted octanol–water partition coefficient (Wildman–Crippen LogP) is 1.05. The minimum atomic E-state index is -0.842. The van der Waals surface area contributed by atoms with Crippen molar-refractivity contribution in [2.24, 2.45) is 0 Å². The molecule has 1 unspecified atom stereocenters. The number of rotatable bonds is 2. The van der Waals surface area contributed by atoms with Gasteiger partial charge in [-0.2, -0.15) is 0 Å². The van der Waals surface area contributed by atoms with Crippen LogP contribution in [0.25, 0.3) is 0 Å². The van der Waals surface area contributed by atoms with Gasteiger partial charge in [-0.1, -0.05) is 6.92 Å². The lowest BCUT2D eigenvalue weighted by molar-refractivity contribution is -0.124. The first-order chi connectivity index (χ1) is 7.63. The number of carbonyl (C=O) groups is 1. The van der Waals surface area contributed by atoms with Crippen LogP contribution in [0.1, 0.15) is 24.7 Å². The number of pyridine rings is 1. The zero-order chi connectivity index (χ0) is 11.7. The first-order valence-electron chi connectivity index (χ1n) is 5.59. The molecule has 1 atom stereocenters.